The number of aliphatic carboxylic acids is 1. The van der Waals surface area contributed by atoms with E-state index in [0.717, 1.165) is 4.90 Å². The lowest BCUT2D eigenvalue weighted by molar-refractivity contribution is -0.158. The summed E-state index contributed by atoms with van der Waals surface area (Å²) >= 11 is 0. The van der Waals surface area contributed by atoms with Crippen molar-refractivity contribution in [1.29, 1.82) is 0 Å². The fourth-order valence-electron chi connectivity index (χ4n) is 1.76. The first-order valence-corrected chi connectivity index (χ1v) is 6.61. The first kappa shape index (κ1) is 18.5. The third-order valence-corrected chi connectivity index (χ3v) is 2.78. The molecule has 2 amide bonds. The lowest BCUT2D eigenvalue weighted by atomic mass is 10.1. The van der Waals surface area contributed by atoms with Gasteiger partial charge in [0.2, 0.25) is 11.8 Å². The number of hydrogen-bond acceptors (Lipinski definition) is 6. The molecule has 8 heteroatoms. The summed E-state index contributed by atoms with van der Waals surface area (Å²) in [5.41, 5.74) is 16.1. The van der Waals surface area contributed by atoms with E-state index in [1.165, 1.54) is 6.92 Å². The molecule has 0 aliphatic rings. The van der Waals surface area contributed by atoms with Gasteiger partial charge in [-0.2, -0.15) is 0 Å². The van der Waals surface area contributed by atoms with Crippen LogP contribution in [0.5, 0.6) is 0 Å². The molecule has 0 radical (unpaired) electrons. The summed E-state index contributed by atoms with van der Waals surface area (Å²) in [5, 5.41) is 9.24. The molecule has 0 aromatic rings. The zero-order valence-corrected chi connectivity index (χ0v) is 11.7. The molecule has 0 saturated carbocycles. The van der Waals surface area contributed by atoms with Gasteiger partial charge in [-0.15, -0.1) is 0 Å². The van der Waals surface area contributed by atoms with Crippen LogP contribution in [0, 0.1) is 0 Å². The SMILES string of the molecule is C[C@H](N)C(=O)N(C(=O)CCN)[C@@H](CCCCN)C(=O)O. The molecular formula is C12H24N4O4. The highest BCUT2D eigenvalue weighted by atomic mass is 16.4. The Morgan fingerprint density at radius 1 is 1.15 bits per heavy atom. The maximum absolute atomic E-state index is 12.0. The van der Waals surface area contributed by atoms with E-state index in [-0.39, 0.29) is 19.4 Å². The molecule has 0 rings (SSSR count). The van der Waals surface area contributed by atoms with Gasteiger partial charge in [-0.25, -0.2) is 4.79 Å². The van der Waals surface area contributed by atoms with Crippen LogP contribution in [0.25, 0.3) is 0 Å². The van der Waals surface area contributed by atoms with Gasteiger partial charge in [0, 0.05) is 13.0 Å². The number of carbonyl (C=O) groups excluding carboxylic acids is 2. The fraction of sp³-hybridized carbons (Fsp3) is 0.750. The van der Waals surface area contributed by atoms with E-state index in [1.807, 2.05) is 0 Å². The van der Waals surface area contributed by atoms with Crippen LogP contribution in [0.4, 0.5) is 0 Å². The minimum Gasteiger partial charge on any atom is -0.480 e. The van der Waals surface area contributed by atoms with E-state index in [2.05, 4.69) is 0 Å². The second-order valence-corrected chi connectivity index (χ2v) is 4.57. The zero-order chi connectivity index (χ0) is 15.7. The molecule has 7 N–H and O–H groups in total. The molecule has 8 nitrogen and oxygen atoms in total. The summed E-state index contributed by atoms with van der Waals surface area (Å²) in [6.45, 7) is 1.87. The molecular weight excluding hydrogens is 264 g/mol. The normalized spacial score (nSPS) is 13.6. The van der Waals surface area contributed by atoms with Gasteiger partial charge in [0.25, 0.3) is 0 Å². The molecule has 0 aliphatic heterocycles. The fourth-order valence-corrected chi connectivity index (χ4v) is 1.76. The van der Waals surface area contributed by atoms with Crippen LogP contribution in [-0.4, -0.2) is 53.0 Å². The molecule has 116 valence electrons. The predicted octanol–water partition coefficient (Wildman–Crippen LogP) is -1.38. The topological polar surface area (TPSA) is 153 Å². The average molecular weight is 288 g/mol. The Balaban J connectivity index is 5.14. The number of carboxylic acid groups (broad SMARTS) is 1. The number of rotatable bonds is 9. The lowest BCUT2D eigenvalue weighted by Gasteiger charge is -2.28. The molecule has 0 bridgehead atoms. The Kier molecular flexibility index (Phi) is 8.69. The van der Waals surface area contributed by atoms with Crippen LogP contribution >= 0.6 is 0 Å². The van der Waals surface area contributed by atoms with Crippen LogP contribution < -0.4 is 17.2 Å². The first-order valence-electron chi connectivity index (χ1n) is 6.61. The van der Waals surface area contributed by atoms with E-state index in [1.54, 1.807) is 0 Å². The van der Waals surface area contributed by atoms with Crippen molar-refractivity contribution in [2.75, 3.05) is 13.1 Å². The average Bonchev–Trinajstić information content (AvgIpc) is 2.37. The minimum absolute atomic E-state index is 0.0384. The molecule has 0 aliphatic carbocycles. The summed E-state index contributed by atoms with van der Waals surface area (Å²) in [4.78, 5) is 36.0. The van der Waals surface area contributed by atoms with Crippen molar-refractivity contribution in [1.82, 2.24) is 4.90 Å². The molecule has 0 aromatic heterocycles. The Labute approximate surface area is 118 Å². The smallest absolute Gasteiger partial charge is 0.326 e. The van der Waals surface area contributed by atoms with E-state index >= 15 is 0 Å². The minimum atomic E-state index is -1.23. The standard InChI is InChI=1S/C12H24N4O4/c1-8(15)11(18)16(10(17)5-7-14)9(12(19)20)4-2-3-6-13/h8-9H,2-7,13-15H2,1H3,(H,19,20)/t8-,9-/m0/s1. The number of nitrogens with zero attached hydrogens (tertiary/aromatic N) is 1. The summed E-state index contributed by atoms with van der Waals surface area (Å²) in [6, 6.07) is -2.17. The lowest BCUT2D eigenvalue weighted by Crippen LogP contribution is -2.53. The molecule has 0 heterocycles. The van der Waals surface area contributed by atoms with Gasteiger partial charge < -0.3 is 22.3 Å². The Bertz CT molecular complexity index is 346. The van der Waals surface area contributed by atoms with Crippen molar-refractivity contribution in [2.45, 2.75) is 44.7 Å². The Morgan fingerprint density at radius 3 is 2.15 bits per heavy atom. The second kappa shape index (κ2) is 9.40. The van der Waals surface area contributed by atoms with Gasteiger partial charge >= 0.3 is 5.97 Å². The highest BCUT2D eigenvalue weighted by molar-refractivity contribution is 6.01. The second-order valence-electron chi connectivity index (χ2n) is 4.57. The van der Waals surface area contributed by atoms with Crippen LogP contribution in [0.3, 0.4) is 0 Å². The van der Waals surface area contributed by atoms with Crippen molar-refractivity contribution in [3.8, 4) is 0 Å². The highest BCUT2D eigenvalue weighted by Crippen LogP contribution is 2.12. The van der Waals surface area contributed by atoms with Gasteiger partial charge in [-0.05, 0) is 32.7 Å². The monoisotopic (exact) mass is 288 g/mol. The van der Waals surface area contributed by atoms with Gasteiger partial charge in [0.1, 0.15) is 6.04 Å². The maximum atomic E-state index is 12.0. The maximum Gasteiger partial charge on any atom is 0.326 e. The molecule has 0 unspecified atom stereocenters. The molecule has 0 aromatic carbocycles. The quantitative estimate of drug-likeness (QED) is 0.381. The van der Waals surface area contributed by atoms with Crippen LogP contribution in [0.2, 0.25) is 0 Å². The van der Waals surface area contributed by atoms with Crippen LogP contribution in [0.1, 0.15) is 32.6 Å². The summed E-state index contributed by atoms with van der Waals surface area (Å²) in [7, 11) is 0. The van der Waals surface area contributed by atoms with Crippen LogP contribution in [-0.2, 0) is 14.4 Å². The molecule has 20 heavy (non-hydrogen) atoms. The van der Waals surface area contributed by atoms with Gasteiger partial charge in [-0.3, -0.25) is 14.5 Å². The Morgan fingerprint density at radius 2 is 1.75 bits per heavy atom. The van der Waals surface area contributed by atoms with E-state index < -0.39 is 29.9 Å². The van der Waals surface area contributed by atoms with Crippen molar-refractivity contribution >= 4 is 17.8 Å². The third-order valence-electron chi connectivity index (χ3n) is 2.78. The number of carbonyl (C=O) groups is 3. The first-order chi connectivity index (χ1) is 9.36. The summed E-state index contributed by atoms with van der Waals surface area (Å²) in [6.07, 6.45) is 1.18. The summed E-state index contributed by atoms with van der Waals surface area (Å²) < 4.78 is 0. The van der Waals surface area contributed by atoms with Crippen molar-refractivity contribution in [2.24, 2.45) is 17.2 Å². The zero-order valence-electron chi connectivity index (χ0n) is 11.7. The van der Waals surface area contributed by atoms with Crippen molar-refractivity contribution in [3.05, 3.63) is 0 Å². The van der Waals surface area contributed by atoms with Gasteiger partial charge in [0.15, 0.2) is 0 Å². The molecule has 0 fully saturated rings. The molecule has 2 atom stereocenters. The Hall–Kier alpha value is -1.51. The number of amides is 2. The largest absolute Gasteiger partial charge is 0.480 e. The van der Waals surface area contributed by atoms with E-state index in [4.69, 9.17) is 17.2 Å². The number of nitrogens with two attached hydrogens (primary N) is 3. The van der Waals surface area contributed by atoms with Crippen molar-refractivity contribution < 1.29 is 19.5 Å². The van der Waals surface area contributed by atoms with E-state index in [9.17, 15) is 19.5 Å². The van der Waals surface area contributed by atoms with Crippen molar-refractivity contribution in [3.63, 3.8) is 0 Å². The number of carboxylic acids is 1. The number of imide groups is 1. The molecule has 0 saturated heterocycles. The van der Waals surface area contributed by atoms with Gasteiger partial charge in [-0.1, -0.05) is 0 Å². The van der Waals surface area contributed by atoms with Crippen LogP contribution in [0.15, 0.2) is 0 Å². The third kappa shape index (κ3) is 5.64. The number of hydrogen-bond donors (Lipinski definition) is 4. The number of unbranched alkanes of at least 4 members (excludes halogenated alkanes) is 1. The molecule has 0 spiro atoms. The summed E-state index contributed by atoms with van der Waals surface area (Å²) in [5.74, 6) is -2.56. The van der Waals surface area contributed by atoms with E-state index in [0.29, 0.717) is 19.4 Å². The van der Waals surface area contributed by atoms with Gasteiger partial charge in [0.05, 0.1) is 6.04 Å². The predicted molar refractivity (Wildman–Crippen MR) is 73.5 cm³/mol. The highest BCUT2D eigenvalue weighted by Gasteiger charge is 2.35.